The highest BCUT2D eigenvalue weighted by atomic mass is 32.1. The predicted molar refractivity (Wildman–Crippen MR) is 107 cm³/mol. The summed E-state index contributed by atoms with van der Waals surface area (Å²) in [5, 5.41) is 8.43. The summed E-state index contributed by atoms with van der Waals surface area (Å²) in [6.07, 6.45) is 1.91. The Balaban J connectivity index is 1.85. The standard InChI is InChI=1S/C20H18N4OS/c1-13-6-4-5-7-16(13)18-21-22-20-24(18)19(25)17(26-20)12-14-8-10-15(11-9-14)23(2)3/h4-12H,1-3H3. The van der Waals surface area contributed by atoms with Crippen molar-refractivity contribution in [3.8, 4) is 11.4 Å². The Morgan fingerprint density at radius 2 is 1.77 bits per heavy atom. The molecule has 0 atom stereocenters. The molecule has 130 valence electrons. The summed E-state index contributed by atoms with van der Waals surface area (Å²) in [5.74, 6) is 0.599. The Kier molecular flexibility index (Phi) is 4.05. The third-order valence-corrected chi connectivity index (χ3v) is 5.30. The fourth-order valence-electron chi connectivity index (χ4n) is 2.88. The first-order chi connectivity index (χ1) is 12.5. The molecule has 2 aromatic heterocycles. The second-order valence-corrected chi connectivity index (χ2v) is 7.37. The van der Waals surface area contributed by atoms with Crippen molar-refractivity contribution >= 4 is 28.1 Å². The number of aryl methyl sites for hydroxylation is 1. The Hall–Kier alpha value is -2.99. The minimum Gasteiger partial charge on any atom is -0.378 e. The highest BCUT2D eigenvalue weighted by molar-refractivity contribution is 7.15. The molecule has 0 saturated carbocycles. The van der Waals surface area contributed by atoms with Crippen LogP contribution < -0.4 is 15.0 Å². The average molecular weight is 362 g/mol. The van der Waals surface area contributed by atoms with Crippen molar-refractivity contribution in [2.75, 3.05) is 19.0 Å². The van der Waals surface area contributed by atoms with E-state index in [1.165, 1.54) is 11.3 Å². The van der Waals surface area contributed by atoms with Crippen LogP contribution in [0.4, 0.5) is 5.69 Å². The Morgan fingerprint density at radius 3 is 2.46 bits per heavy atom. The van der Waals surface area contributed by atoms with E-state index in [1.807, 2.05) is 80.5 Å². The van der Waals surface area contributed by atoms with Gasteiger partial charge in [-0.05, 0) is 36.3 Å². The van der Waals surface area contributed by atoms with Gasteiger partial charge < -0.3 is 4.90 Å². The van der Waals surface area contributed by atoms with Crippen molar-refractivity contribution in [3.05, 3.63) is 74.5 Å². The quantitative estimate of drug-likeness (QED) is 0.562. The third kappa shape index (κ3) is 2.78. The lowest BCUT2D eigenvalue weighted by Crippen LogP contribution is -2.23. The van der Waals surface area contributed by atoms with Crippen molar-refractivity contribution in [1.29, 1.82) is 0 Å². The maximum absolute atomic E-state index is 12.9. The van der Waals surface area contributed by atoms with Gasteiger partial charge in [0, 0.05) is 25.3 Å². The van der Waals surface area contributed by atoms with Crippen LogP contribution in [0.3, 0.4) is 0 Å². The predicted octanol–water partition coefficient (Wildman–Crippen LogP) is 2.74. The number of anilines is 1. The van der Waals surface area contributed by atoms with Gasteiger partial charge >= 0.3 is 0 Å². The van der Waals surface area contributed by atoms with Crippen LogP contribution in [-0.4, -0.2) is 28.7 Å². The molecular weight excluding hydrogens is 344 g/mol. The maximum atomic E-state index is 12.9. The van der Waals surface area contributed by atoms with Crippen LogP contribution in [0.25, 0.3) is 22.4 Å². The molecule has 0 amide bonds. The number of rotatable bonds is 3. The van der Waals surface area contributed by atoms with Gasteiger partial charge in [-0.2, -0.15) is 0 Å². The molecule has 0 unspecified atom stereocenters. The van der Waals surface area contributed by atoms with Gasteiger partial charge in [0.05, 0.1) is 4.53 Å². The Labute approximate surface area is 154 Å². The van der Waals surface area contributed by atoms with E-state index >= 15 is 0 Å². The molecule has 0 aliphatic carbocycles. The topological polar surface area (TPSA) is 50.5 Å². The maximum Gasteiger partial charge on any atom is 0.276 e. The molecule has 0 aliphatic rings. The van der Waals surface area contributed by atoms with Gasteiger partial charge in [0.15, 0.2) is 5.82 Å². The number of thiazole rings is 1. The smallest absolute Gasteiger partial charge is 0.276 e. The SMILES string of the molecule is Cc1ccccc1-c1nnc2sc(=Cc3ccc(N(C)C)cc3)c(=O)n12. The average Bonchev–Trinajstić information content (AvgIpc) is 3.17. The number of benzene rings is 2. The molecule has 6 heteroatoms. The number of aromatic nitrogens is 3. The van der Waals surface area contributed by atoms with Gasteiger partial charge in [0.2, 0.25) is 4.96 Å². The fourth-order valence-corrected chi connectivity index (χ4v) is 3.79. The van der Waals surface area contributed by atoms with Crippen LogP contribution in [0.5, 0.6) is 0 Å². The molecule has 2 aromatic carbocycles. The monoisotopic (exact) mass is 362 g/mol. The highest BCUT2D eigenvalue weighted by Crippen LogP contribution is 2.21. The summed E-state index contributed by atoms with van der Waals surface area (Å²) in [4.78, 5) is 15.6. The minimum absolute atomic E-state index is 0.0788. The highest BCUT2D eigenvalue weighted by Gasteiger charge is 2.15. The van der Waals surface area contributed by atoms with Crippen LogP contribution in [0.15, 0.2) is 53.3 Å². The molecule has 0 bridgehead atoms. The van der Waals surface area contributed by atoms with Crippen LogP contribution in [0.1, 0.15) is 11.1 Å². The van der Waals surface area contributed by atoms with E-state index in [-0.39, 0.29) is 5.56 Å². The molecule has 26 heavy (non-hydrogen) atoms. The lowest BCUT2D eigenvalue weighted by Gasteiger charge is -2.11. The van der Waals surface area contributed by atoms with Crippen molar-refractivity contribution in [3.63, 3.8) is 0 Å². The summed E-state index contributed by atoms with van der Waals surface area (Å²) >= 11 is 1.36. The van der Waals surface area contributed by atoms with Gasteiger partial charge in [-0.3, -0.25) is 4.79 Å². The third-order valence-electron chi connectivity index (χ3n) is 4.34. The molecule has 0 saturated heterocycles. The zero-order valence-electron chi connectivity index (χ0n) is 14.8. The van der Waals surface area contributed by atoms with Crippen molar-refractivity contribution < 1.29 is 0 Å². The molecule has 0 fully saturated rings. The summed E-state index contributed by atoms with van der Waals surface area (Å²) in [6.45, 7) is 2.01. The zero-order valence-corrected chi connectivity index (χ0v) is 15.6. The number of hydrogen-bond donors (Lipinski definition) is 0. The van der Waals surface area contributed by atoms with E-state index in [0.717, 1.165) is 22.4 Å². The van der Waals surface area contributed by atoms with E-state index < -0.39 is 0 Å². The summed E-state index contributed by atoms with van der Waals surface area (Å²) < 4.78 is 2.26. The summed E-state index contributed by atoms with van der Waals surface area (Å²) in [7, 11) is 4.01. The van der Waals surface area contributed by atoms with Crippen LogP contribution >= 0.6 is 11.3 Å². The second kappa shape index (κ2) is 6.38. The molecule has 0 radical (unpaired) electrons. The molecule has 2 heterocycles. The van der Waals surface area contributed by atoms with Gasteiger partial charge in [-0.25, -0.2) is 4.40 Å². The van der Waals surface area contributed by atoms with Gasteiger partial charge in [-0.15, -0.1) is 10.2 Å². The summed E-state index contributed by atoms with van der Waals surface area (Å²) in [5.41, 5.74) is 4.03. The first kappa shape index (κ1) is 16.5. The minimum atomic E-state index is -0.0788. The summed E-state index contributed by atoms with van der Waals surface area (Å²) in [6, 6.07) is 16.0. The molecular formula is C20H18N4OS. The largest absolute Gasteiger partial charge is 0.378 e. The first-order valence-electron chi connectivity index (χ1n) is 8.27. The Bertz CT molecular complexity index is 1190. The number of nitrogens with zero attached hydrogens (tertiary/aromatic N) is 4. The van der Waals surface area contributed by atoms with Gasteiger partial charge in [-0.1, -0.05) is 47.7 Å². The van der Waals surface area contributed by atoms with Crippen molar-refractivity contribution in [1.82, 2.24) is 14.6 Å². The van der Waals surface area contributed by atoms with Crippen molar-refractivity contribution in [2.45, 2.75) is 6.92 Å². The lowest BCUT2D eigenvalue weighted by molar-refractivity contribution is 1.09. The Morgan fingerprint density at radius 1 is 1.04 bits per heavy atom. The van der Waals surface area contributed by atoms with E-state index in [0.29, 0.717) is 15.3 Å². The fraction of sp³-hybridized carbons (Fsp3) is 0.150. The lowest BCUT2D eigenvalue weighted by atomic mass is 10.1. The first-order valence-corrected chi connectivity index (χ1v) is 9.09. The zero-order chi connectivity index (χ0) is 18.3. The molecule has 0 aliphatic heterocycles. The van der Waals surface area contributed by atoms with Crippen molar-refractivity contribution in [2.24, 2.45) is 0 Å². The van der Waals surface area contributed by atoms with Gasteiger partial charge in [0.25, 0.3) is 5.56 Å². The van der Waals surface area contributed by atoms with Gasteiger partial charge in [0.1, 0.15) is 0 Å². The molecule has 0 N–H and O–H groups in total. The normalized spacial score (nSPS) is 12.0. The molecule has 4 rings (SSSR count). The molecule has 0 spiro atoms. The van der Waals surface area contributed by atoms with E-state index in [1.54, 1.807) is 4.40 Å². The number of fused-ring (bicyclic) bond motifs is 1. The van der Waals surface area contributed by atoms with E-state index in [4.69, 9.17) is 0 Å². The van der Waals surface area contributed by atoms with Crippen LogP contribution in [-0.2, 0) is 0 Å². The van der Waals surface area contributed by atoms with Crippen LogP contribution in [0.2, 0.25) is 0 Å². The molecule has 4 aromatic rings. The molecule has 5 nitrogen and oxygen atoms in total. The second-order valence-electron chi connectivity index (χ2n) is 6.36. The van der Waals surface area contributed by atoms with Crippen LogP contribution in [0, 0.1) is 6.92 Å². The van der Waals surface area contributed by atoms with E-state index in [2.05, 4.69) is 10.2 Å². The van der Waals surface area contributed by atoms with E-state index in [9.17, 15) is 4.79 Å². The number of hydrogen-bond acceptors (Lipinski definition) is 5.